The molecular formula is C11H16FN3O2. The van der Waals surface area contributed by atoms with E-state index < -0.39 is 5.95 Å². The van der Waals surface area contributed by atoms with Gasteiger partial charge in [-0.15, -0.1) is 0 Å². The maximum Gasteiger partial charge on any atom is 0.233 e. The van der Waals surface area contributed by atoms with Crippen LogP contribution in [0.25, 0.3) is 0 Å². The summed E-state index contributed by atoms with van der Waals surface area (Å²) >= 11 is 0. The predicted molar refractivity (Wildman–Crippen MR) is 61.7 cm³/mol. The third-order valence-corrected chi connectivity index (χ3v) is 1.94. The van der Waals surface area contributed by atoms with Crippen molar-refractivity contribution in [3.05, 3.63) is 29.8 Å². The lowest BCUT2D eigenvalue weighted by molar-refractivity contribution is -0.121. The first-order valence-corrected chi connectivity index (χ1v) is 4.90. The molecule has 1 aromatic heterocycles. The predicted octanol–water partition coefficient (Wildman–Crippen LogP) is 0.214. The van der Waals surface area contributed by atoms with Crippen LogP contribution in [0.4, 0.5) is 4.39 Å². The van der Waals surface area contributed by atoms with Gasteiger partial charge < -0.3 is 10.1 Å². The van der Waals surface area contributed by atoms with Crippen LogP contribution in [0.3, 0.4) is 0 Å². The lowest BCUT2D eigenvalue weighted by Gasteiger charge is -2.15. The van der Waals surface area contributed by atoms with E-state index in [4.69, 9.17) is 4.79 Å². The zero-order chi connectivity index (χ0) is 13.3. The summed E-state index contributed by atoms with van der Waals surface area (Å²) in [5.41, 5.74) is 0.800. The number of halogens is 1. The Hall–Kier alpha value is -1.82. The second kappa shape index (κ2) is 8.35. The van der Waals surface area contributed by atoms with E-state index in [9.17, 15) is 9.18 Å². The van der Waals surface area contributed by atoms with E-state index in [1.54, 1.807) is 25.1 Å². The summed E-state index contributed by atoms with van der Waals surface area (Å²) in [6, 6.07) is 3.09. The number of rotatable bonds is 4. The summed E-state index contributed by atoms with van der Waals surface area (Å²) in [5.74, 6) is -0.562. The highest BCUT2D eigenvalue weighted by atomic mass is 19.1. The van der Waals surface area contributed by atoms with Crippen molar-refractivity contribution in [2.75, 3.05) is 20.6 Å². The molecule has 0 radical (unpaired) electrons. The van der Waals surface area contributed by atoms with Crippen molar-refractivity contribution in [1.29, 1.82) is 0 Å². The molecule has 6 heteroatoms. The number of likely N-dealkylation sites (N-methyl/N-ethyl adjacent to an activating group) is 2. The van der Waals surface area contributed by atoms with Crippen molar-refractivity contribution in [1.82, 2.24) is 15.2 Å². The van der Waals surface area contributed by atoms with E-state index in [0.29, 0.717) is 13.1 Å². The minimum absolute atomic E-state index is 0.0629. The van der Waals surface area contributed by atoms with Gasteiger partial charge in [-0.3, -0.25) is 9.69 Å². The van der Waals surface area contributed by atoms with Gasteiger partial charge >= 0.3 is 0 Å². The van der Waals surface area contributed by atoms with Crippen molar-refractivity contribution in [2.45, 2.75) is 6.54 Å². The van der Waals surface area contributed by atoms with E-state index in [0.717, 1.165) is 5.56 Å². The third kappa shape index (κ3) is 6.36. The first-order chi connectivity index (χ1) is 8.11. The van der Waals surface area contributed by atoms with Crippen LogP contribution >= 0.6 is 0 Å². The number of nitrogens with zero attached hydrogens (tertiary/aromatic N) is 2. The number of amides is 1. The zero-order valence-corrected chi connectivity index (χ0v) is 9.94. The molecule has 1 amide bonds. The molecule has 1 aromatic rings. The van der Waals surface area contributed by atoms with Gasteiger partial charge in [-0.2, -0.15) is 4.39 Å². The summed E-state index contributed by atoms with van der Waals surface area (Å²) < 4.78 is 12.7. The topological polar surface area (TPSA) is 62.3 Å². The number of hydrogen-bond acceptors (Lipinski definition) is 4. The van der Waals surface area contributed by atoms with E-state index in [2.05, 4.69) is 10.3 Å². The fourth-order valence-electron chi connectivity index (χ4n) is 1.23. The van der Waals surface area contributed by atoms with E-state index in [1.807, 2.05) is 6.79 Å². The minimum Gasteiger partial charge on any atom is -0.358 e. The Balaban J connectivity index is 0.00000121. The van der Waals surface area contributed by atoms with Crippen LogP contribution in [0.5, 0.6) is 0 Å². The van der Waals surface area contributed by atoms with Crippen LogP contribution in [-0.2, 0) is 16.1 Å². The molecule has 0 atom stereocenters. The molecule has 17 heavy (non-hydrogen) atoms. The molecule has 0 fully saturated rings. The largest absolute Gasteiger partial charge is 0.358 e. The molecule has 94 valence electrons. The number of hydrogen-bond donors (Lipinski definition) is 1. The fraction of sp³-hybridized carbons (Fsp3) is 0.364. The van der Waals surface area contributed by atoms with Crippen LogP contribution in [0, 0.1) is 5.95 Å². The highest BCUT2D eigenvalue weighted by molar-refractivity contribution is 5.77. The molecule has 0 saturated carbocycles. The Labute approximate surface area is 99.6 Å². The Morgan fingerprint density at radius 3 is 2.76 bits per heavy atom. The van der Waals surface area contributed by atoms with Crippen molar-refractivity contribution >= 4 is 12.7 Å². The molecular weight excluding hydrogens is 225 g/mol. The Morgan fingerprint density at radius 1 is 1.59 bits per heavy atom. The molecule has 0 saturated heterocycles. The summed E-state index contributed by atoms with van der Waals surface area (Å²) in [6.45, 7) is 2.81. The lowest BCUT2D eigenvalue weighted by Crippen LogP contribution is -2.32. The molecule has 5 nitrogen and oxygen atoms in total. The highest BCUT2D eigenvalue weighted by Gasteiger charge is 2.05. The molecule has 0 spiro atoms. The first-order valence-electron chi connectivity index (χ1n) is 4.90. The van der Waals surface area contributed by atoms with Gasteiger partial charge in [-0.25, -0.2) is 4.98 Å². The molecule has 1 rings (SSSR count). The Kier molecular flexibility index (Phi) is 7.45. The molecule has 1 heterocycles. The molecule has 0 aromatic carbocycles. The van der Waals surface area contributed by atoms with Gasteiger partial charge in [0.25, 0.3) is 0 Å². The van der Waals surface area contributed by atoms with Crippen molar-refractivity contribution in [2.24, 2.45) is 0 Å². The second-order valence-corrected chi connectivity index (χ2v) is 3.33. The van der Waals surface area contributed by atoms with Crippen molar-refractivity contribution < 1.29 is 14.0 Å². The average Bonchev–Trinajstić information content (AvgIpc) is 2.31. The van der Waals surface area contributed by atoms with Gasteiger partial charge in [-0.05, 0) is 24.7 Å². The summed E-state index contributed by atoms with van der Waals surface area (Å²) in [7, 11) is 3.38. The van der Waals surface area contributed by atoms with Crippen LogP contribution in [0.15, 0.2) is 18.3 Å². The smallest absolute Gasteiger partial charge is 0.233 e. The first kappa shape index (κ1) is 15.2. The average molecular weight is 241 g/mol. The van der Waals surface area contributed by atoms with Crippen LogP contribution in [-0.4, -0.2) is 43.2 Å². The van der Waals surface area contributed by atoms with Gasteiger partial charge in [0, 0.05) is 19.8 Å². The summed E-state index contributed by atoms with van der Waals surface area (Å²) in [6.07, 6.45) is 1.42. The number of carbonyl (C=O) groups is 2. The van der Waals surface area contributed by atoms with Gasteiger partial charge in [0.1, 0.15) is 6.79 Å². The SMILES string of the molecule is C=O.CNC(=O)CN(C)Cc1ccnc(F)c1. The Bertz CT molecular complexity index is 360. The fourth-order valence-corrected chi connectivity index (χ4v) is 1.23. The maximum absolute atomic E-state index is 12.7. The monoisotopic (exact) mass is 241 g/mol. The van der Waals surface area contributed by atoms with Gasteiger partial charge in [0.15, 0.2) is 0 Å². The van der Waals surface area contributed by atoms with E-state index in [-0.39, 0.29) is 5.91 Å². The van der Waals surface area contributed by atoms with Crippen molar-refractivity contribution in [3.8, 4) is 0 Å². The van der Waals surface area contributed by atoms with Crippen LogP contribution in [0.2, 0.25) is 0 Å². The molecule has 0 unspecified atom stereocenters. The van der Waals surface area contributed by atoms with Gasteiger partial charge in [0.2, 0.25) is 11.9 Å². The molecule has 0 bridgehead atoms. The third-order valence-electron chi connectivity index (χ3n) is 1.94. The van der Waals surface area contributed by atoms with Crippen LogP contribution in [0.1, 0.15) is 5.56 Å². The Morgan fingerprint density at radius 2 is 2.24 bits per heavy atom. The number of carbonyl (C=O) groups excluding carboxylic acids is 2. The lowest BCUT2D eigenvalue weighted by atomic mass is 10.2. The molecule has 0 aliphatic heterocycles. The normalized spacial score (nSPS) is 9.41. The quantitative estimate of drug-likeness (QED) is 0.766. The highest BCUT2D eigenvalue weighted by Crippen LogP contribution is 2.03. The molecule has 0 aliphatic carbocycles. The molecule has 1 N–H and O–H groups in total. The van der Waals surface area contributed by atoms with Gasteiger partial charge in [0.05, 0.1) is 6.54 Å². The van der Waals surface area contributed by atoms with Gasteiger partial charge in [-0.1, -0.05) is 0 Å². The minimum atomic E-state index is -0.499. The number of pyridine rings is 1. The number of aromatic nitrogens is 1. The second-order valence-electron chi connectivity index (χ2n) is 3.33. The maximum atomic E-state index is 12.7. The standard InChI is InChI=1S/C10H14FN3O.CH2O/c1-12-10(15)7-14(2)6-8-3-4-13-9(11)5-8;1-2/h3-5H,6-7H2,1-2H3,(H,12,15);1H2. The molecule has 0 aliphatic rings. The summed E-state index contributed by atoms with van der Waals surface area (Å²) in [4.78, 5) is 24.3. The number of nitrogens with one attached hydrogen (secondary N) is 1. The van der Waals surface area contributed by atoms with E-state index in [1.165, 1.54) is 12.3 Å². The summed E-state index contributed by atoms with van der Waals surface area (Å²) in [5, 5.41) is 2.53. The van der Waals surface area contributed by atoms with E-state index >= 15 is 0 Å². The zero-order valence-electron chi connectivity index (χ0n) is 9.94. The van der Waals surface area contributed by atoms with Crippen LogP contribution < -0.4 is 5.32 Å². The van der Waals surface area contributed by atoms with Crippen molar-refractivity contribution in [3.63, 3.8) is 0 Å².